The molecule has 0 spiro atoms. The van der Waals surface area contributed by atoms with Gasteiger partial charge in [0.1, 0.15) is 11.9 Å². The van der Waals surface area contributed by atoms with Crippen LogP contribution in [-0.2, 0) is 26.2 Å². The number of hydrogen-bond acceptors (Lipinski definition) is 4. The summed E-state index contributed by atoms with van der Waals surface area (Å²) in [5.74, 6) is -0.907. The first-order valence-electron chi connectivity index (χ1n) is 11.4. The molecule has 186 valence electrons. The number of hydrogen-bond donors (Lipinski definition) is 1. The summed E-state index contributed by atoms with van der Waals surface area (Å²) in [4.78, 5) is 27.5. The molecule has 0 fully saturated rings. The monoisotopic (exact) mass is 491 g/mol. The van der Waals surface area contributed by atoms with Gasteiger partial charge in [-0.3, -0.25) is 13.9 Å². The van der Waals surface area contributed by atoms with E-state index in [0.29, 0.717) is 18.7 Å². The molecule has 0 bridgehead atoms. The Balaban J connectivity index is 2.18. The first-order chi connectivity index (χ1) is 16.1. The molecule has 34 heavy (non-hydrogen) atoms. The van der Waals surface area contributed by atoms with Crippen molar-refractivity contribution in [3.05, 3.63) is 65.5 Å². The van der Waals surface area contributed by atoms with Crippen molar-refractivity contribution in [2.24, 2.45) is 0 Å². The van der Waals surface area contributed by atoms with Crippen LogP contribution in [0.1, 0.15) is 44.2 Å². The molecule has 2 aromatic carbocycles. The number of nitrogens with one attached hydrogen (secondary N) is 1. The van der Waals surface area contributed by atoms with Gasteiger partial charge in [0.05, 0.1) is 11.9 Å². The predicted molar refractivity (Wildman–Crippen MR) is 132 cm³/mol. The molecule has 9 heteroatoms. The molecule has 0 saturated carbocycles. The number of nitrogens with zero attached hydrogens (tertiary/aromatic N) is 2. The number of sulfonamides is 1. The Kier molecular flexibility index (Phi) is 10.0. The summed E-state index contributed by atoms with van der Waals surface area (Å²) in [7, 11) is -3.62. The molecule has 2 rings (SSSR count). The van der Waals surface area contributed by atoms with Crippen molar-refractivity contribution in [1.82, 2.24) is 10.2 Å². The van der Waals surface area contributed by atoms with E-state index >= 15 is 0 Å². The maximum atomic E-state index is 13.3. The second kappa shape index (κ2) is 12.5. The molecular formula is C25H34FN3O4S. The van der Waals surface area contributed by atoms with Gasteiger partial charge in [-0.1, -0.05) is 36.8 Å². The van der Waals surface area contributed by atoms with E-state index < -0.39 is 21.9 Å². The van der Waals surface area contributed by atoms with Gasteiger partial charge in [-0.15, -0.1) is 0 Å². The SMILES string of the molecule is CCNC(=O)C(CC)N(Cc1ccc(C)cc1)C(=O)CCCN(c1ccc(F)cc1)S(C)(=O)=O. The highest BCUT2D eigenvalue weighted by molar-refractivity contribution is 7.92. The summed E-state index contributed by atoms with van der Waals surface area (Å²) in [5.41, 5.74) is 2.34. The molecule has 2 aromatic rings. The van der Waals surface area contributed by atoms with Crippen LogP contribution in [0, 0.1) is 12.7 Å². The van der Waals surface area contributed by atoms with E-state index in [1.165, 1.54) is 24.3 Å². The summed E-state index contributed by atoms with van der Waals surface area (Å²) in [5, 5.41) is 2.80. The van der Waals surface area contributed by atoms with E-state index in [-0.39, 0.29) is 37.7 Å². The summed E-state index contributed by atoms with van der Waals surface area (Å²) < 4.78 is 39.0. The number of likely N-dealkylation sites (N-methyl/N-ethyl adjacent to an activating group) is 1. The van der Waals surface area contributed by atoms with Crippen LogP contribution in [0.4, 0.5) is 10.1 Å². The number of rotatable bonds is 12. The lowest BCUT2D eigenvalue weighted by Crippen LogP contribution is -2.49. The van der Waals surface area contributed by atoms with Crippen molar-refractivity contribution in [3.63, 3.8) is 0 Å². The minimum Gasteiger partial charge on any atom is -0.355 e. The first kappa shape index (κ1) is 27.3. The fraction of sp³-hybridized carbons (Fsp3) is 0.440. The second-order valence-electron chi connectivity index (χ2n) is 8.24. The lowest BCUT2D eigenvalue weighted by molar-refractivity contribution is -0.141. The molecule has 0 aliphatic rings. The summed E-state index contributed by atoms with van der Waals surface area (Å²) in [6, 6.07) is 12.3. The van der Waals surface area contributed by atoms with Crippen molar-refractivity contribution < 1.29 is 22.4 Å². The quantitative estimate of drug-likeness (QED) is 0.491. The van der Waals surface area contributed by atoms with Crippen molar-refractivity contribution in [2.75, 3.05) is 23.7 Å². The number of aryl methyl sites for hydroxylation is 1. The molecule has 1 unspecified atom stereocenters. The molecule has 0 aromatic heterocycles. The molecule has 7 nitrogen and oxygen atoms in total. The predicted octanol–water partition coefficient (Wildman–Crippen LogP) is 3.62. The van der Waals surface area contributed by atoms with Crippen LogP contribution in [0.15, 0.2) is 48.5 Å². The van der Waals surface area contributed by atoms with E-state index in [1.807, 2.05) is 45.0 Å². The number of benzene rings is 2. The molecule has 2 amide bonds. The smallest absolute Gasteiger partial charge is 0.242 e. The molecule has 1 atom stereocenters. The van der Waals surface area contributed by atoms with Gasteiger partial charge < -0.3 is 10.2 Å². The van der Waals surface area contributed by atoms with Crippen LogP contribution < -0.4 is 9.62 Å². The Labute approximate surface area is 202 Å². The average molecular weight is 492 g/mol. The van der Waals surface area contributed by atoms with Gasteiger partial charge in [-0.2, -0.15) is 0 Å². The lowest BCUT2D eigenvalue weighted by atomic mass is 10.1. The van der Waals surface area contributed by atoms with Gasteiger partial charge in [-0.05, 0) is 56.5 Å². The standard InChI is InChI=1S/C25H34FN3O4S/c1-5-23(25(31)27-6-2)28(18-20-11-9-19(3)10-12-20)24(30)8-7-17-29(34(4,32)33)22-15-13-21(26)14-16-22/h9-16,23H,5-8,17-18H2,1-4H3,(H,27,31). The molecule has 1 N–H and O–H groups in total. The first-order valence-corrected chi connectivity index (χ1v) is 13.3. The number of amides is 2. The maximum Gasteiger partial charge on any atom is 0.242 e. The minimum absolute atomic E-state index is 0.0620. The van der Waals surface area contributed by atoms with Crippen molar-refractivity contribution >= 4 is 27.5 Å². The highest BCUT2D eigenvalue weighted by Gasteiger charge is 2.28. The summed E-state index contributed by atoms with van der Waals surface area (Å²) in [6.07, 6.45) is 1.84. The third-order valence-corrected chi connectivity index (χ3v) is 6.67. The Bertz CT molecular complexity index is 1060. The molecule has 0 saturated heterocycles. The van der Waals surface area contributed by atoms with Gasteiger partial charge >= 0.3 is 0 Å². The Morgan fingerprint density at radius 1 is 1.03 bits per heavy atom. The van der Waals surface area contributed by atoms with E-state index in [0.717, 1.165) is 21.7 Å². The fourth-order valence-corrected chi connectivity index (χ4v) is 4.68. The van der Waals surface area contributed by atoms with Crippen molar-refractivity contribution in [3.8, 4) is 0 Å². The molecule has 0 radical (unpaired) electrons. The van der Waals surface area contributed by atoms with Gasteiger partial charge in [0.2, 0.25) is 21.8 Å². The summed E-state index contributed by atoms with van der Waals surface area (Å²) in [6.45, 7) is 6.46. The Morgan fingerprint density at radius 3 is 2.18 bits per heavy atom. The number of halogens is 1. The molecular weight excluding hydrogens is 457 g/mol. The highest BCUT2D eigenvalue weighted by Crippen LogP contribution is 2.20. The van der Waals surface area contributed by atoms with E-state index in [9.17, 15) is 22.4 Å². The second-order valence-corrected chi connectivity index (χ2v) is 10.1. The van der Waals surface area contributed by atoms with Crippen LogP contribution in [-0.4, -0.2) is 50.5 Å². The zero-order valence-electron chi connectivity index (χ0n) is 20.3. The van der Waals surface area contributed by atoms with Gasteiger partial charge in [0, 0.05) is 26.1 Å². The van der Waals surface area contributed by atoms with Crippen LogP contribution in [0.3, 0.4) is 0 Å². The number of carbonyl (C=O) groups excluding carboxylic acids is 2. The van der Waals surface area contributed by atoms with Crippen molar-refractivity contribution in [2.45, 2.75) is 52.6 Å². The Hall–Kier alpha value is -2.94. The number of carbonyl (C=O) groups is 2. The van der Waals surface area contributed by atoms with E-state index in [2.05, 4.69) is 5.32 Å². The maximum absolute atomic E-state index is 13.3. The highest BCUT2D eigenvalue weighted by atomic mass is 32.2. The van der Waals surface area contributed by atoms with Crippen LogP contribution in [0.25, 0.3) is 0 Å². The normalized spacial score (nSPS) is 12.1. The van der Waals surface area contributed by atoms with Crippen LogP contribution in [0.5, 0.6) is 0 Å². The zero-order chi connectivity index (χ0) is 25.3. The van der Waals surface area contributed by atoms with Gasteiger partial charge in [0.15, 0.2) is 0 Å². The zero-order valence-corrected chi connectivity index (χ0v) is 21.1. The third-order valence-electron chi connectivity index (χ3n) is 5.48. The fourth-order valence-electron chi connectivity index (χ4n) is 3.71. The lowest BCUT2D eigenvalue weighted by Gasteiger charge is -2.31. The molecule has 0 heterocycles. The third kappa shape index (κ3) is 7.83. The number of anilines is 1. The Morgan fingerprint density at radius 2 is 1.65 bits per heavy atom. The minimum atomic E-state index is -3.62. The van der Waals surface area contributed by atoms with Crippen molar-refractivity contribution in [1.29, 1.82) is 0 Å². The van der Waals surface area contributed by atoms with Crippen LogP contribution >= 0.6 is 0 Å². The van der Waals surface area contributed by atoms with E-state index in [4.69, 9.17) is 0 Å². The largest absolute Gasteiger partial charge is 0.355 e. The average Bonchev–Trinajstić information content (AvgIpc) is 2.78. The van der Waals surface area contributed by atoms with Crippen LogP contribution in [0.2, 0.25) is 0 Å². The molecule has 0 aliphatic carbocycles. The van der Waals surface area contributed by atoms with Gasteiger partial charge in [0.25, 0.3) is 0 Å². The topological polar surface area (TPSA) is 86.8 Å². The van der Waals surface area contributed by atoms with Gasteiger partial charge in [-0.25, -0.2) is 12.8 Å². The summed E-state index contributed by atoms with van der Waals surface area (Å²) >= 11 is 0. The van der Waals surface area contributed by atoms with E-state index in [1.54, 1.807) is 4.90 Å². The molecule has 0 aliphatic heterocycles.